The molecule has 3 atom stereocenters. The number of amides is 3. The molecule has 0 saturated carbocycles. The Balaban J connectivity index is 1.03. The second-order valence-electron chi connectivity index (χ2n) is 13.4. The molecule has 3 amide bonds. The molecule has 0 aliphatic carbocycles. The number of hydrogen-bond donors (Lipinski definition) is 0. The topological polar surface area (TPSA) is 85.4 Å². The predicted octanol–water partition coefficient (Wildman–Crippen LogP) is 9.39. The van der Waals surface area contributed by atoms with Crippen molar-refractivity contribution in [2.24, 2.45) is 0 Å². The van der Waals surface area contributed by atoms with Crippen molar-refractivity contribution in [2.45, 2.75) is 49.1 Å². The number of thioether (sulfide) groups is 1. The number of nitrogens with zero attached hydrogens (tertiary/aromatic N) is 2. The molecule has 0 radical (unpaired) electrons. The second-order valence-corrected chi connectivity index (χ2v) is 15.0. The molecule has 54 heavy (non-hydrogen) atoms. The van der Waals surface area contributed by atoms with Crippen LogP contribution in [0, 0.1) is 0 Å². The minimum Gasteiger partial charge on any atom is -0.491 e. The lowest BCUT2D eigenvalue weighted by Gasteiger charge is -2.42. The third-order valence-corrected chi connectivity index (χ3v) is 11.1. The summed E-state index contributed by atoms with van der Waals surface area (Å²) in [6, 6.07) is 43.8. The highest BCUT2D eigenvalue weighted by Crippen LogP contribution is 2.48. The fourth-order valence-electron chi connectivity index (χ4n) is 7.28. The summed E-state index contributed by atoms with van der Waals surface area (Å²) in [5, 5.41) is -0.321. The van der Waals surface area contributed by atoms with E-state index in [1.165, 1.54) is 4.90 Å². The normalized spacial score (nSPS) is 17.8. The van der Waals surface area contributed by atoms with Crippen molar-refractivity contribution >= 4 is 40.6 Å². The first kappa shape index (κ1) is 37.1. The van der Waals surface area contributed by atoms with Crippen LogP contribution in [0.25, 0.3) is 0 Å². The molecular formula is C44H41ClN2O6S. The van der Waals surface area contributed by atoms with Crippen LogP contribution in [0.3, 0.4) is 0 Å². The van der Waals surface area contributed by atoms with Crippen molar-refractivity contribution < 1.29 is 28.6 Å². The Morgan fingerprint density at radius 2 is 1.39 bits per heavy atom. The van der Waals surface area contributed by atoms with E-state index in [4.69, 9.17) is 25.8 Å². The average Bonchev–Trinajstić information content (AvgIpc) is 3.71. The molecule has 276 valence electrons. The van der Waals surface area contributed by atoms with Gasteiger partial charge in [-0.3, -0.25) is 19.4 Å². The SMILES string of the molecule is CCCC(COc1ccc(CC2SC(=O)N(C(c3ccccc3)(c3ccccc3)c3ccccc3)C2=O)cc1)N1CC(COc2cccc(Cl)c2)OC1=O. The van der Waals surface area contributed by atoms with Crippen molar-refractivity contribution in [3.8, 4) is 11.5 Å². The van der Waals surface area contributed by atoms with E-state index in [0.717, 1.165) is 46.9 Å². The van der Waals surface area contributed by atoms with Crippen molar-refractivity contribution in [3.63, 3.8) is 0 Å². The van der Waals surface area contributed by atoms with Crippen LogP contribution in [-0.2, 0) is 21.5 Å². The van der Waals surface area contributed by atoms with Crippen LogP contribution in [0.4, 0.5) is 9.59 Å². The molecule has 10 heteroatoms. The molecule has 5 aromatic rings. The number of rotatable bonds is 15. The Morgan fingerprint density at radius 1 is 0.778 bits per heavy atom. The number of hydrogen-bond acceptors (Lipinski definition) is 7. The summed E-state index contributed by atoms with van der Waals surface area (Å²) in [7, 11) is 0. The van der Waals surface area contributed by atoms with Crippen LogP contribution < -0.4 is 9.47 Å². The Hall–Kier alpha value is -5.25. The first-order valence-electron chi connectivity index (χ1n) is 18.2. The fraction of sp³-hybridized carbons (Fsp3) is 0.250. The quantitative estimate of drug-likeness (QED) is 0.0984. The summed E-state index contributed by atoms with van der Waals surface area (Å²) < 4.78 is 17.6. The summed E-state index contributed by atoms with van der Waals surface area (Å²) in [5.41, 5.74) is 2.24. The van der Waals surface area contributed by atoms with Gasteiger partial charge in [0.05, 0.1) is 17.8 Å². The molecule has 2 fully saturated rings. The summed E-state index contributed by atoms with van der Waals surface area (Å²) in [5.74, 6) is 1.03. The summed E-state index contributed by atoms with van der Waals surface area (Å²) in [4.78, 5) is 44.6. The van der Waals surface area contributed by atoms with Gasteiger partial charge in [0.2, 0.25) is 5.91 Å². The number of carbonyl (C=O) groups excluding carboxylic acids is 3. The number of ether oxygens (including phenoxy) is 3. The maximum atomic E-state index is 14.5. The molecule has 0 spiro atoms. The highest BCUT2D eigenvalue weighted by molar-refractivity contribution is 8.15. The number of cyclic esters (lactones) is 1. The van der Waals surface area contributed by atoms with Crippen LogP contribution in [-0.4, -0.2) is 64.2 Å². The Labute approximate surface area is 325 Å². The zero-order valence-electron chi connectivity index (χ0n) is 29.9. The summed E-state index contributed by atoms with van der Waals surface area (Å²) >= 11 is 7.14. The number of halogens is 1. The van der Waals surface area contributed by atoms with E-state index in [1.807, 2.05) is 127 Å². The van der Waals surface area contributed by atoms with Gasteiger partial charge >= 0.3 is 6.09 Å². The number of imide groups is 1. The molecule has 2 saturated heterocycles. The monoisotopic (exact) mass is 760 g/mol. The van der Waals surface area contributed by atoms with Gasteiger partial charge in [-0.15, -0.1) is 0 Å². The molecule has 2 aliphatic heterocycles. The van der Waals surface area contributed by atoms with Gasteiger partial charge in [0, 0.05) is 5.02 Å². The molecule has 0 aromatic heterocycles. The van der Waals surface area contributed by atoms with Crippen LogP contribution in [0.2, 0.25) is 5.02 Å². The zero-order chi connectivity index (χ0) is 37.5. The Bertz CT molecular complexity index is 1950. The van der Waals surface area contributed by atoms with E-state index in [1.54, 1.807) is 17.0 Å². The summed E-state index contributed by atoms with van der Waals surface area (Å²) in [6.45, 7) is 2.99. The lowest BCUT2D eigenvalue weighted by atomic mass is 9.75. The van der Waals surface area contributed by atoms with Crippen LogP contribution in [0.5, 0.6) is 11.5 Å². The van der Waals surface area contributed by atoms with Gasteiger partial charge in [-0.05, 0) is 65.4 Å². The average molecular weight is 761 g/mol. The third-order valence-electron chi connectivity index (χ3n) is 9.82. The van der Waals surface area contributed by atoms with Gasteiger partial charge in [-0.25, -0.2) is 4.79 Å². The van der Waals surface area contributed by atoms with Gasteiger partial charge in [-0.1, -0.05) is 146 Å². The standard InChI is InChI=1S/C44H41ClN2O6S/c1-2-13-36(46-28-39(53-42(46)49)30-52-38-21-12-20-35(45)27-38)29-51-37-24-22-31(23-25-37)26-40-41(48)47(43(50)54-40)44(32-14-6-3-7-15-32,33-16-8-4-9-17-33)34-18-10-5-11-19-34/h3-12,14-25,27,36,39-40H,2,13,26,28-30H2,1H3. The van der Waals surface area contributed by atoms with E-state index in [9.17, 15) is 14.4 Å². The highest BCUT2D eigenvalue weighted by atomic mass is 35.5. The minimum atomic E-state index is -1.16. The largest absolute Gasteiger partial charge is 0.491 e. The Morgan fingerprint density at radius 3 is 1.96 bits per heavy atom. The molecule has 7 rings (SSSR count). The van der Waals surface area contributed by atoms with Gasteiger partial charge in [-0.2, -0.15) is 0 Å². The van der Waals surface area contributed by atoms with E-state index < -0.39 is 16.9 Å². The molecular weight excluding hydrogens is 720 g/mol. The van der Waals surface area contributed by atoms with Crippen LogP contribution in [0.15, 0.2) is 140 Å². The van der Waals surface area contributed by atoms with Crippen molar-refractivity contribution in [1.29, 1.82) is 0 Å². The van der Waals surface area contributed by atoms with Crippen LogP contribution >= 0.6 is 23.4 Å². The number of carbonyl (C=O) groups is 3. The predicted molar refractivity (Wildman–Crippen MR) is 211 cm³/mol. The lowest BCUT2D eigenvalue weighted by Crippen LogP contribution is -2.51. The first-order chi connectivity index (χ1) is 26.4. The first-order valence-corrected chi connectivity index (χ1v) is 19.4. The van der Waals surface area contributed by atoms with Gasteiger partial charge in [0.25, 0.3) is 5.24 Å². The maximum Gasteiger partial charge on any atom is 0.410 e. The molecule has 0 N–H and O–H groups in total. The van der Waals surface area contributed by atoms with Gasteiger partial charge in [0.1, 0.15) is 30.3 Å². The van der Waals surface area contributed by atoms with Crippen molar-refractivity contribution in [2.75, 3.05) is 19.8 Å². The summed E-state index contributed by atoms with van der Waals surface area (Å²) in [6.07, 6.45) is 1.19. The second kappa shape index (κ2) is 16.8. The van der Waals surface area contributed by atoms with Crippen molar-refractivity contribution in [1.82, 2.24) is 9.80 Å². The highest BCUT2D eigenvalue weighted by Gasteiger charge is 2.54. The van der Waals surface area contributed by atoms with Crippen LogP contribution in [0.1, 0.15) is 42.0 Å². The van der Waals surface area contributed by atoms with E-state index >= 15 is 0 Å². The molecule has 8 nitrogen and oxygen atoms in total. The van der Waals surface area contributed by atoms with Crippen molar-refractivity contribution in [3.05, 3.63) is 167 Å². The molecule has 5 aromatic carbocycles. The smallest absolute Gasteiger partial charge is 0.410 e. The van der Waals surface area contributed by atoms with Gasteiger partial charge < -0.3 is 14.2 Å². The zero-order valence-corrected chi connectivity index (χ0v) is 31.5. The lowest BCUT2D eigenvalue weighted by molar-refractivity contribution is -0.129. The van der Waals surface area contributed by atoms with Gasteiger partial charge in [0.15, 0.2) is 6.10 Å². The maximum absolute atomic E-state index is 14.5. The van der Waals surface area contributed by atoms with E-state index in [2.05, 4.69) is 6.92 Å². The molecule has 3 unspecified atom stereocenters. The fourth-order valence-corrected chi connectivity index (χ4v) is 8.52. The minimum absolute atomic E-state index is 0.179. The Kier molecular flexibility index (Phi) is 11.6. The third kappa shape index (κ3) is 7.84. The van der Waals surface area contributed by atoms with E-state index in [0.29, 0.717) is 36.1 Å². The molecule has 2 heterocycles. The van der Waals surface area contributed by atoms with E-state index in [-0.39, 0.29) is 29.9 Å². The molecule has 2 aliphatic rings. The molecule has 0 bridgehead atoms. The number of benzene rings is 5.